The van der Waals surface area contributed by atoms with E-state index in [4.69, 9.17) is 21.1 Å². The van der Waals surface area contributed by atoms with Crippen LogP contribution in [0.4, 0.5) is 20.6 Å². The molecule has 0 unspecified atom stereocenters. The summed E-state index contributed by atoms with van der Waals surface area (Å²) in [6.45, 7) is 0. The maximum atomic E-state index is 14.4. The second kappa shape index (κ2) is 7.24. The van der Waals surface area contributed by atoms with E-state index in [0.29, 0.717) is 5.69 Å². The largest absolute Gasteiger partial charge is 0.465 e. The zero-order valence-electron chi connectivity index (χ0n) is 14.4. The van der Waals surface area contributed by atoms with E-state index in [0.717, 1.165) is 0 Å². The number of amides is 2. The van der Waals surface area contributed by atoms with E-state index in [2.05, 4.69) is 20.6 Å². The van der Waals surface area contributed by atoms with Crippen LogP contribution in [0.15, 0.2) is 53.3 Å². The highest BCUT2D eigenvalue weighted by Crippen LogP contribution is 2.26. The maximum Gasteiger partial charge on any atom is 0.409 e. The Morgan fingerprint density at radius 3 is 2.69 bits per heavy atom. The van der Waals surface area contributed by atoms with Crippen molar-refractivity contribution in [2.24, 2.45) is 0 Å². The first kappa shape index (κ1) is 18.4. The molecular formula is C18H11ClFN5O4. The number of furan rings is 1. The molecule has 0 radical (unpaired) electrons. The molecular weight excluding hydrogens is 405 g/mol. The maximum absolute atomic E-state index is 14.4. The molecule has 9 nitrogen and oxygen atoms in total. The molecule has 0 aliphatic carbocycles. The van der Waals surface area contributed by atoms with Gasteiger partial charge in [0.05, 0.1) is 17.6 Å². The standard InChI is InChI=1S/C18H11ClFN5O4/c19-15-4-3-14(29-15)16(26)22-9-1-2-12(20)11(5-9)13-8-25-7-10(23-18(27)28)6-21-17(25)24-13/h1-8,23H,(H,22,26)(H,27,28). The Bertz CT molecular complexity index is 1250. The summed E-state index contributed by atoms with van der Waals surface area (Å²) in [7, 11) is 0. The molecule has 3 N–H and O–H groups in total. The summed E-state index contributed by atoms with van der Waals surface area (Å²) in [5.41, 5.74) is 0.919. The molecule has 0 spiro atoms. The number of anilines is 2. The van der Waals surface area contributed by atoms with Crippen molar-refractivity contribution in [3.63, 3.8) is 0 Å². The fourth-order valence-electron chi connectivity index (χ4n) is 2.63. The normalized spacial score (nSPS) is 10.8. The quantitative estimate of drug-likeness (QED) is 0.461. The van der Waals surface area contributed by atoms with E-state index < -0.39 is 17.8 Å². The van der Waals surface area contributed by atoms with Crippen LogP contribution in [-0.4, -0.2) is 31.5 Å². The first-order chi connectivity index (χ1) is 13.9. The van der Waals surface area contributed by atoms with E-state index in [1.165, 1.54) is 53.3 Å². The van der Waals surface area contributed by atoms with Crippen LogP contribution in [0, 0.1) is 5.82 Å². The number of imidazole rings is 1. The van der Waals surface area contributed by atoms with Gasteiger partial charge in [0.2, 0.25) is 5.78 Å². The van der Waals surface area contributed by atoms with Crippen LogP contribution in [-0.2, 0) is 0 Å². The molecule has 0 bridgehead atoms. The van der Waals surface area contributed by atoms with Gasteiger partial charge in [-0.15, -0.1) is 0 Å². The average Bonchev–Trinajstić information content (AvgIpc) is 3.28. The number of hydrogen-bond donors (Lipinski definition) is 3. The Kier molecular flexibility index (Phi) is 4.61. The molecule has 0 saturated heterocycles. The molecule has 2 amide bonds. The molecule has 146 valence electrons. The van der Waals surface area contributed by atoms with Gasteiger partial charge in [-0.1, -0.05) is 0 Å². The number of carboxylic acid groups (broad SMARTS) is 1. The van der Waals surface area contributed by atoms with Crippen LogP contribution < -0.4 is 10.6 Å². The van der Waals surface area contributed by atoms with Crippen LogP contribution in [0.1, 0.15) is 10.6 Å². The highest BCUT2D eigenvalue weighted by molar-refractivity contribution is 6.29. The van der Waals surface area contributed by atoms with Crippen molar-refractivity contribution in [3.05, 3.63) is 65.7 Å². The molecule has 0 aliphatic heterocycles. The highest BCUT2D eigenvalue weighted by atomic mass is 35.5. The molecule has 0 aliphatic rings. The number of rotatable bonds is 4. The van der Waals surface area contributed by atoms with Crippen molar-refractivity contribution < 1.29 is 23.5 Å². The third-order valence-electron chi connectivity index (χ3n) is 3.86. The van der Waals surface area contributed by atoms with Crippen molar-refractivity contribution in [2.45, 2.75) is 0 Å². The summed E-state index contributed by atoms with van der Waals surface area (Å²) in [5.74, 6) is -0.849. The number of halogens is 2. The predicted molar refractivity (Wildman–Crippen MR) is 102 cm³/mol. The number of nitrogens with one attached hydrogen (secondary N) is 2. The summed E-state index contributed by atoms with van der Waals surface area (Å²) in [6.07, 6.45) is 3.00. The minimum atomic E-state index is -1.24. The summed E-state index contributed by atoms with van der Waals surface area (Å²) in [5, 5.41) is 13.6. The predicted octanol–water partition coefficient (Wildman–Crippen LogP) is 4.12. The van der Waals surface area contributed by atoms with Crippen LogP contribution in [0.5, 0.6) is 0 Å². The number of fused-ring (bicyclic) bond motifs is 1. The summed E-state index contributed by atoms with van der Waals surface area (Å²) >= 11 is 5.66. The van der Waals surface area contributed by atoms with Gasteiger partial charge in [0.25, 0.3) is 5.91 Å². The molecule has 1 aromatic carbocycles. The third-order valence-corrected chi connectivity index (χ3v) is 4.06. The smallest absolute Gasteiger partial charge is 0.409 e. The van der Waals surface area contributed by atoms with Crippen molar-refractivity contribution >= 4 is 40.8 Å². The summed E-state index contributed by atoms with van der Waals surface area (Å²) in [4.78, 5) is 31.2. The molecule has 4 aromatic rings. The molecule has 0 fully saturated rings. The van der Waals surface area contributed by atoms with E-state index in [1.807, 2.05) is 0 Å². The number of hydrogen-bond acceptors (Lipinski definition) is 5. The molecule has 4 rings (SSSR count). The van der Waals surface area contributed by atoms with Crippen molar-refractivity contribution in [2.75, 3.05) is 10.6 Å². The van der Waals surface area contributed by atoms with Crippen LogP contribution in [0.2, 0.25) is 5.22 Å². The number of carbonyl (C=O) groups excluding carboxylic acids is 1. The fourth-order valence-corrected chi connectivity index (χ4v) is 2.78. The monoisotopic (exact) mass is 415 g/mol. The zero-order valence-corrected chi connectivity index (χ0v) is 15.1. The first-order valence-corrected chi connectivity index (χ1v) is 8.48. The lowest BCUT2D eigenvalue weighted by molar-refractivity contribution is 0.0996. The van der Waals surface area contributed by atoms with Crippen LogP contribution >= 0.6 is 11.6 Å². The number of nitrogens with zero attached hydrogens (tertiary/aromatic N) is 3. The molecule has 11 heteroatoms. The van der Waals surface area contributed by atoms with Crippen LogP contribution in [0.25, 0.3) is 17.0 Å². The molecule has 0 atom stereocenters. The molecule has 0 saturated carbocycles. The Balaban J connectivity index is 1.65. The Labute approximate surface area is 166 Å². The lowest BCUT2D eigenvalue weighted by Crippen LogP contribution is -2.11. The van der Waals surface area contributed by atoms with E-state index in [1.54, 1.807) is 0 Å². The lowest BCUT2D eigenvalue weighted by atomic mass is 10.1. The number of aromatic nitrogens is 3. The molecule has 3 aromatic heterocycles. The van der Waals surface area contributed by atoms with Crippen molar-refractivity contribution in [1.29, 1.82) is 0 Å². The number of benzene rings is 1. The fraction of sp³-hybridized carbons (Fsp3) is 0. The molecule has 29 heavy (non-hydrogen) atoms. The van der Waals surface area contributed by atoms with Gasteiger partial charge in [0.15, 0.2) is 11.0 Å². The van der Waals surface area contributed by atoms with Gasteiger partial charge in [-0.2, -0.15) is 0 Å². The SMILES string of the molecule is O=C(O)Nc1cnc2nc(-c3cc(NC(=O)c4ccc(Cl)o4)ccc3F)cn2c1. The topological polar surface area (TPSA) is 122 Å². The van der Waals surface area contributed by atoms with Gasteiger partial charge >= 0.3 is 6.09 Å². The van der Waals surface area contributed by atoms with Gasteiger partial charge < -0.3 is 14.8 Å². The van der Waals surface area contributed by atoms with E-state index in [-0.39, 0.29) is 33.7 Å². The Hall–Kier alpha value is -3.92. The van der Waals surface area contributed by atoms with Gasteiger partial charge in [-0.05, 0) is 41.9 Å². The van der Waals surface area contributed by atoms with Gasteiger partial charge in [-0.3, -0.25) is 14.5 Å². The Morgan fingerprint density at radius 1 is 1.14 bits per heavy atom. The second-order valence-electron chi connectivity index (χ2n) is 5.86. The van der Waals surface area contributed by atoms with E-state index in [9.17, 15) is 14.0 Å². The lowest BCUT2D eigenvalue weighted by Gasteiger charge is -2.06. The van der Waals surface area contributed by atoms with Gasteiger partial charge in [0, 0.05) is 23.6 Å². The third kappa shape index (κ3) is 3.87. The summed E-state index contributed by atoms with van der Waals surface area (Å²) < 4.78 is 20.9. The van der Waals surface area contributed by atoms with Gasteiger partial charge in [0.1, 0.15) is 5.82 Å². The minimum absolute atomic E-state index is 0.0104. The highest BCUT2D eigenvalue weighted by Gasteiger charge is 2.15. The Morgan fingerprint density at radius 2 is 1.97 bits per heavy atom. The zero-order chi connectivity index (χ0) is 20.5. The van der Waals surface area contributed by atoms with Crippen molar-refractivity contribution in [1.82, 2.24) is 14.4 Å². The van der Waals surface area contributed by atoms with Crippen LogP contribution in [0.3, 0.4) is 0 Å². The first-order valence-electron chi connectivity index (χ1n) is 8.10. The second-order valence-corrected chi connectivity index (χ2v) is 6.23. The average molecular weight is 416 g/mol. The summed E-state index contributed by atoms with van der Waals surface area (Å²) in [6, 6.07) is 6.84. The number of carbonyl (C=O) groups is 2. The van der Waals surface area contributed by atoms with E-state index >= 15 is 0 Å². The minimum Gasteiger partial charge on any atom is -0.465 e. The van der Waals surface area contributed by atoms with Gasteiger partial charge in [-0.25, -0.2) is 19.2 Å². The molecule has 3 heterocycles. The van der Waals surface area contributed by atoms with Crippen molar-refractivity contribution in [3.8, 4) is 11.3 Å².